The van der Waals surface area contributed by atoms with Crippen molar-refractivity contribution in [1.82, 2.24) is 0 Å². The lowest BCUT2D eigenvalue weighted by Gasteiger charge is -2.46. The Morgan fingerprint density at radius 2 is 1.86 bits per heavy atom. The lowest BCUT2D eigenvalue weighted by Crippen LogP contribution is -2.53. The zero-order chi connectivity index (χ0) is 15.7. The highest BCUT2D eigenvalue weighted by Gasteiger charge is 2.42. The molecule has 0 saturated heterocycles. The van der Waals surface area contributed by atoms with Gasteiger partial charge in [0.25, 0.3) is 0 Å². The third kappa shape index (κ3) is 3.64. The molecule has 0 heterocycles. The first-order valence-corrected chi connectivity index (χ1v) is 7.84. The summed E-state index contributed by atoms with van der Waals surface area (Å²) in [5.41, 5.74) is 8.67. The minimum Gasteiger partial charge on any atom is -0.377 e. The highest BCUT2D eigenvalue weighted by Crippen LogP contribution is 2.43. The largest absolute Gasteiger partial charge is 0.377 e. The Morgan fingerprint density at radius 3 is 2.43 bits per heavy atom. The monoisotopic (exact) mass is 293 g/mol. The van der Waals surface area contributed by atoms with Crippen LogP contribution in [-0.4, -0.2) is 18.8 Å². The highest BCUT2D eigenvalue weighted by atomic mass is 19.1. The van der Waals surface area contributed by atoms with Crippen molar-refractivity contribution in [1.29, 1.82) is 0 Å². The third-order valence-corrected chi connectivity index (χ3v) is 5.28. The van der Waals surface area contributed by atoms with Crippen LogP contribution in [0.4, 0.5) is 4.39 Å². The van der Waals surface area contributed by atoms with Gasteiger partial charge in [-0.15, -0.1) is 0 Å². The van der Waals surface area contributed by atoms with E-state index in [1.54, 1.807) is 13.2 Å². The van der Waals surface area contributed by atoms with E-state index in [9.17, 15) is 4.39 Å². The van der Waals surface area contributed by atoms with Crippen LogP contribution in [0.5, 0.6) is 0 Å². The summed E-state index contributed by atoms with van der Waals surface area (Å²) in [7, 11) is 1.76. The second-order valence-electron chi connectivity index (χ2n) is 7.31. The van der Waals surface area contributed by atoms with Crippen molar-refractivity contribution in [2.24, 2.45) is 11.1 Å². The molecule has 118 valence electrons. The van der Waals surface area contributed by atoms with Gasteiger partial charge in [0.05, 0.1) is 5.60 Å². The predicted octanol–water partition coefficient (Wildman–Crippen LogP) is 3.99. The Labute approximate surface area is 127 Å². The molecule has 0 aromatic heterocycles. The first kappa shape index (κ1) is 16.4. The van der Waals surface area contributed by atoms with Crippen LogP contribution in [0.15, 0.2) is 18.2 Å². The van der Waals surface area contributed by atoms with Crippen LogP contribution in [0.2, 0.25) is 0 Å². The minimum absolute atomic E-state index is 0.0981. The number of hydrogen-bond donors (Lipinski definition) is 1. The van der Waals surface area contributed by atoms with Crippen molar-refractivity contribution in [2.75, 3.05) is 7.11 Å². The SMILES string of the molecule is COC1(C(N)Cc2cc(F)ccc2C)CCC(C)(C)CC1. The lowest BCUT2D eigenvalue weighted by molar-refractivity contribution is -0.0781. The molecule has 2 N–H and O–H groups in total. The van der Waals surface area contributed by atoms with E-state index >= 15 is 0 Å². The maximum absolute atomic E-state index is 13.4. The number of nitrogens with two attached hydrogens (primary N) is 1. The Bertz CT molecular complexity index is 488. The van der Waals surface area contributed by atoms with Gasteiger partial charge in [-0.05, 0) is 67.7 Å². The second kappa shape index (κ2) is 6.05. The molecule has 1 fully saturated rings. The zero-order valence-electron chi connectivity index (χ0n) is 13.7. The lowest BCUT2D eigenvalue weighted by atomic mass is 9.67. The molecule has 2 nitrogen and oxygen atoms in total. The first-order valence-electron chi connectivity index (χ1n) is 7.84. The van der Waals surface area contributed by atoms with Crippen LogP contribution in [0.1, 0.15) is 50.7 Å². The normalized spacial score (nSPS) is 22.0. The fourth-order valence-electron chi connectivity index (χ4n) is 3.36. The van der Waals surface area contributed by atoms with Gasteiger partial charge in [0.15, 0.2) is 0 Å². The average molecular weight is 293 g/mol. The molecule has 0 spiro atoms. The molecule has 1 saturated carbocycles. The van der Waals surface area contributed by atoms with Crippen molar-refractivity contribution < 1.29 is 9.13 Å². The predicted molar refractivity (Wildman–Crippen MR) is 84.8 cm³/mol. The molecule has 2 rings (SSSR count). The first-order chi connectivity index (χ1) is 9.78. The number of hydrogen-bond acceptors (Lipinski definition) is 2. The van der Waals surface area contributed by atoms with Gasteiger partial charge in [-0.1, -0.05) is 19.9 Å². The molecular weight excluding hydrogens is 265 g/mol. The Morgan fingerprint density at radius 1 is 1.24 bits per heavy atom. The molecule has 1 aliphatic carbocycles. The van der Waals surface area contributed by atoms with Crippen LogP contribution in [0.3, 0.4) is 0 Å². The van der Waals surface area contributed by atoms with E-state index in [1.807, 2.05) is 13.0 Å². The van der Waals surface area contributed by atoms with E-state index in [2.05, 4.69) is 13.8 Å². The smallest absolute Gasteiger partial charge is 0.123 e. The Hall–Kier alpha value is -0.930. The quantitative estimate of drug-likeness (QED) is 0.911. The van der Waals surface area contributed by atoms with E-state index < -0.39 is 0 Å². The zero-order valence-corrected chi connectivity index (χ0v) is 13.7. The van der Waals surface area contributed by atoms with Gasteiger partial charge in [-0.25, -0.2) is 4.39 Å². The molecule has 0 radical (unpaired) electrons. The van der Waals surface area contributed by atoms with Crippen LogP contribution in [-0.2, 0) is 11.2 Å². The fourth-order valence-corrected chi connectivity index (χ4v) is 3.36. The molecule has 1 aliphatic rings. The van der Waals surface area contributed by atoms with Gasteiger partial charge >= 0.3 is 0 Å². The molecule has 21 heavy (non-hydrogen) atoms. The highest BCUT2D eigenvalue weighted by molar-refractivity contribution is 5.28. The summed E-state index contributed by atoms with van der Waals surface area (Å²) in [6.07, 6.45) is 4.86. The summed E-state index contributed by atoms with van der Waals surface area (Å²) in [5, 5.41) is 0. The standard InChI is InChI=1S/C18H28FNO/c1-13-5-6-15(19)11-14(13)12-16(20)18(21-4)9-7-17(2,3)8-10-18/h5-6,11,16H,7-10,12,20H2,1-4H3. The summed E-state index contributed by atoms with van der Waals surface area (Å²) in [6.45, 7) is 6.61. The number of aryl methyl sites for hydroxylation is 1. The third-order valence-electron chi connectivity index (χ3n) is 5.28. The molecular formula is C18H28FNO. The number of ether oxygens (including phenoxy) is 1. The molecule has 0 amide bonds. The maximum atomic E-state index is 13.4. The van der Waals surface area contributed by atoms with Crippen LogP contribution in [0, 0.1) is 18.2 Å². The molecule has 0 aliphatic heterocycles. The topological polar surface area (TPSA) is 35.2 Å². The summed E-state index contributed by atoms with van der Waals surface area (Å²) in [5.74, 6) is -0.195. The van der Waals surface area contributed by atoms with E-state index in [0.717, 1.165) is 36.8 Å². The van der Waals surface area contributed by atoms with Crippen LogP contribution < -0.4 is 5.73 Å². The van der Waals surface area contributed by atoms with Gasteiger partial charge in [-0.3, -0.25) is 0 Å². The average Bonchev–Trinajstić information content (AvgIpc) is 2.43. The summed E-state index contributed by atoms with van der Waals surface area (Å²) < 4.78 is 19.3. The van der Waals surface area contributed by atoms with Crippen molar-refractivity contribution >= 4 is 0 Å². The molecule has 1 atom stereocenters. The number of benzene rings is 1. The molecule has 3 heteroatoms. The van der Waals surface area contributed by atoms with Crippen molar-refractivity contribution in [3.8, 4) is 0 Å². The van der Waals surface area contributed by atoms with Gasteiger partial charge in [-0.2, -0.15) is 0 Å². The van der Waals surface area contributed by atoms with Crippen molar-refractivity contribution in [3.63, 3.8) is 0 Å². The van der Waals surface area contributed by atoms with Crippen molar-refractivity contribution in [3.05, 3.63) is 35.1 Å². The Kier molecular flexibility index (Phi) is 4.74. The fraction of sp³-hybridized carbons (Fsp3) is 0.667. The van der Waals surface area contributed by atoms with Gasteiger partial charge < -0.3 is 10.5 Å². The van der Waals surface area contributed by atoms with Crippen LogP contribution >= 0.6 is 0 Å². The van der Waals surface area contributed by atoms with E-state index in [-0.39, 0.29) is 17.5 Å². The second-order valence-corrected chi connectivity index (χ2v) is 7.31. The summed E-state index contributed by atoms with van der Waals surface area (Å²) in [6, 6.07) is 4.82. The Balaban J connectivity index is 2.14. The molecule has 1 unspecified atom stereocenters. The maximum Gasteiger partial charge on any atom is 0.123 e. The van der Waals surface area contributed by atoms with Gasteiger partial charge in [0.1, 0.15) is 5.82 Å². The number of halogens is 1. The van der Waals surface area contributed by atoms with E-state index in [0.29, 0.717) is 11.8 Å². The van der Waals surface area contributed by atoms with Gasteiger partial charge in [0, 0.05) is 13.2 Å². The molecule has 1 aromatic rings. The van der Waals surface area contributed by atoms with Crippen molar-refractivity contribution in [2.45, 2.75) is 64.5 Å². The molecule has 0 bridgehead atoms. The summed E-state index contributed by atoms with van der Waals surface area (Å²) in [4.78, 5) is 0. The van der Waals surface area contributed by atoms with E-state index in [1.165, 1.54) is 6.07 Å². The molecule has 1 aromatic carbocycles. The van der Waals surface area contributed by atoms with E-state index in [4.69, 9.17) is 10.5 Å². The number of rotatable bonds is 4. The minimum atomic E-state index is -0.270. The number of methoxy groups -OCH3 is 1. The van der Waals surface area contributed by atoms with Gasteiger partial charge in [0.2, 0.25) is 0 Å². The summed E-state index contributed by atoms with van der Waals surface area (Å²) >= 11 is 0. The van der Waals surface area contributed by atoms with Crippen LogP contribution in [0.25, 0.3) is 0 Å².